The van der Waals surface area contributed by atoms with Crippen LogP contribution >= 0.6 is 0 Å². The Labute approximate surface area is 118 Å². The lowest BCUT2D eigenvalue weighted by molar-refractivity contribution is -0.0368. The van der Waals surface area contributed by atoms with Gasteiger partial charge in [0, 0.05) is 26.1 Å². The summed E-state index contributed by atoms with van der Waals surface area (Å²) in [5, 5.41) is 3.92. The fraction of sp³-hybridized carbons (Fsp3) is 0.714. The largest absolute Gasteiger partial charge is 0.373 e. The Balaban J connectivity index is 1.80. The van der Waals surface area contributed by atoms with E-state index >= 15 is 0 Å². The number of aryl methyl sites for hydroxylation is 2. The van der Waals surface area contributed by atoms with Gasteiger partial charge in [-0.15, -0.1) is 0 Å². The number of ether oxygens (including phenoxy) is 1. The van der Waals surface area contributed by atoms with E-state index in [0.29, 0.717) is 42.6 Å². The average molecular weight is 279 g/mol. The predicted molar refractivity (Wildman–Crippen MR) is 72.7 cm³/mol. The van der Waals surface area contributed by atoms with Crippen molar-refractivity contribution in [3.05, 3.63) is 17.0 Å². The molecule has 2 atom stereocenters. The Kier molecular flexibility index (Phi) is 3.52. The molecule has 0 spiro atoms. The predicted octanol–water partition coefficient (Wildman–Crippen LogP) is 0.700. The van der Waals surface area contributed by atoms with Gasteiger partial charge >= 0.3 is 0 Å². The second kappa shape index (κ2) is 5.18. The lowest BCUT2D eigenvalue weighted by atomic mass is 10.1. The summed E-state index contributed by atoms with van der Waals surface area (Å²) in [5.74, 6) is 0.698. The third-order valence-electron chi connectivity index (χ3n) is 4.33. The zero-order valence-electron chi connectivity index (χ0n) is 12.3. The molecule has 0 aromatic carbocycles. The minimum Gasteiger partial charge on any atom is -0.373 e. The first-order valence-electron chi connectivity index (χ1n) is 7.18. The quantitative estimate of drug-likeness (QED) is 0.797. The number of amides is 1. The van der Waals surface area contributed by atoms with Crippen molar-refractivity contribution >= 4 is 5.91 Å². The molecule has 3 rings (SSSR count). The summed E-state index contributed by atoms with van der Waals surface area (Å²) in [4.78, 5) is 16.9. The van der Waals surface area contributed by atoms with E-state index in [0.717, 1.165) is 13.2 Å². The third-order valence-corrected chi connectivity index (χ3v) is 4.33. The summed E-state index contributed by atoms with van der Waals surface area (Å²) < 4.78 is 11.0. The maximum atomic E-state index is 12.7. The number of nitrogens with zero attached hydrogens (tertiary/aromatic N) is 3. The lowest BCUT2D eigenvalue weighted by Gasteiger charge is -2.33. The fourth-order valence-corrected chi connectivity index (χ4v) is 3.11. The van der Waals surface area contributed by atoms with Gasteiger partial charge in [-0.25, -0.2) is 0 Å². The Morgan fingerprint density at radius 3 is 2.95 bits per heavy atom. The first kappa shape index (κ1) is 13.6. The van der Waals surface area contributed by atoms with Gasteiger partial charge in [0.15, 0.2) is 0 Å². The highest BCUT2D eigenvalue weighted by atomic mass is 16.5. The molecule has 0 N–H and O–H groups in total. The molecule has 0 unspecified atom stereocenters. The molecule has 3 heterocycles. The van der Waals surface area contributed by atoms with E-state index in [1.807, 2.05) is 18.7 Å². The van der Waals surface area contributed by atoms with Gasteiger partial charge in [-0.05, 0) is 14.0 Å². The molecule has 0 radical (unpaired) electrons. The smallest absolute Gasteiger partial charge is 0.259 e. The Hall–Kier alpha value is -1.40. The van der Waals surface area contributed by atoms with E-state index in [1.165, 1.54) is 0 Å². The van der Waals surface area contributed by atoms with Crippen LogP contribution in [-0.4, -0.2) is 66.3 Å². The maximum absolute atomic E-state index is 12.7. The van der Waals surface area contributed by atoms with Crippen LogP contribution in [-0.2, 0) is 11.2 Å². The van der Waals surface area contributed by atoms with Gasteiger partial charge in [-0.1, -0.05) is 12.1 Å². The molecule has 1 aromatic rings. The van der Waals surface area contributed by atoms with Crippen LogP contribution in [0.3, 0.4) is 0 Å². The van der Waals surface area contributed by atoms with E-state index in [9.17, 15) is 4.79 Å². The van der Waals surface area contributed by atoms with Crippen molar-refractivity contribution in [1.29, 1.82) is 0 Å². The normalized spacial score (nSPS) is 26.9. The third kappa shape index (κ3) is 2.13. The van der Waals surface area contributed by atoms with Gasteiger partial charge in [0.2, 0.25) is 0 Å². The number of likely N-dealkylation sites (tertiary alicyclic amines) is 1. The minimum absolute atomic E-state index is 0.0204. The number of hydrogen-bond acceptors (Lipinski definition) is 5. The van der Waals surface area contributed by atoms with Crippen molar-refractivity contribution in [1.82, 2.24) is 15.0 Å². The van der Waals surface area contributed by atoms with Crippen molar-refractivity contribution < 1.29 is 14.1 Å². The average Bonchev–Trinajstić information content (AvgIpc) is 3.02. The SMILES string of the molecule is CCc1onc(C)c1C(=O)N1C[C@H]2OCCN(C)[C@H]2C1. The van der Waals surface area contributed by atoms with Gasteiger partial charge < -0.3 is 14.2 Å². The fourth-order valence-electron chi connectivity index (χ4n) is 3.11. The van der Waals surface area contributed by atoms with Gasteiger partial charge in [-0.3, -0.25) is 9.69 Å². The van der Waals surface area contributed by atoms with Crippen molar-refractivity contribution in [3.8, 4) is 0 Å². The Morgan fingerprint density at radius 1 is 1.45 bits per heavy atom. The van der Waals surface area contributed by atoms with Crippen LogP contribution in [0.5, 0.6) is 0 Å². The van der Waals surface area contributed by atoms with Crippen molar-refractivity contribution in [3.63, 3.8) is 0 Å². The molecule has 0 saturated carbocycles. The van der Waals surface area contributed by atoms with Crippen LogP contribution < -0.4 is 0 Å². The first-order valence-corrected chi connectivity index (χ1v) is 7.18. The van der Waals surface area contributed by atoms with Crippen molar-refractivity contribution in [2.45, 2.75) is 32.4 Å². The molecule has 110 valence electrons. The number of aromatic nitrogens is 1. The van der Waals surface area contributed by atoms with Crippen LogP contribution in [0.2, 0.25) is 0 Å². The number of fused-ring (bicyclic) bond motifs is 1. The molecule has 0 bridgehead atoms. The van der Waals surface area contributed by atoms with Gasteiger partial charge in [0.25, 0.3) is 5.91 Å². The molecular weight excluding hydrogens is 258 g/mol. The topological polar surface area (TPSA) is 58.8 Å². The Morgan fingerprint density at radius 2 is 2.25 bits per heavy atom. The number of likely N-dealkylation sites (N-methyl/N-ethyl adjacent to an activating group) is 1. The van der Waals surface area contributed by atoms with Crippen LogP contribution in [0.15, 0.2) is 4.52 Å². The number of carbonyl (C=O) groups excluding carboxylic acids is 1. The lowest BCUT2D eigenvalue weighted by Crippen LogP contribution is -2.48. The second-order valence-corrected chi connectivity index (χ2v) is 5.59. The number of carbonyl (C=O) groups is 1. The molecular formula is C14H21N3O3. The second-order valence-electron chi connectivity index (χ2n) is 5.59. The summed E-state index contributed by atoms with van der Waals surface area (Å²) >= 11 is 0. The molecule has 2 aliphatic heterocycles. The zero-order chi connectivity index (χ0) is 14.3. The molecule has 6 heteroatoms. The molecule has 20 heavy (non-hydrogen) atoms. The molecule has 1 amide bonds. The number of hydrogen-bond donors (Lipinski definition) is 0. The summed E-state index contributed by atoms with van der Waals surface area (Å²) in [6, 6.07) is 0.304. The first-order chi connectivity index (χ1) is 9.61. The summed E-state index contributed by atoms with van der Waals surface area (Å²) in [6.45, 7) is 6.83. The van der Waals surface area contributed by atoms with Crippen LogP contribution in [0.1, 0.15) is 28.7 Å². The zero-order valence-corrected chi connectivity index (χ0v) is 12.3. The minimum atomic E-state index is 0.0204. The van der Waals surface area contributed by atoms with Crippen molar-refractivity contribution in [2.24, 2.45) is 0 Å². The van der Waals surface area contributed by atoms with E-state index < -0.39 is 0 Å². The van der Waals surface area contributed by atoms with Crippen molar-refractivity contribution in [2.75, 3.05) is 33.3 Å². The molecule has 6 nitrogen and oxygen atoms in total. The molecule has 0 aliphatic carbocycles. The Bertz CT molecular complexity index is 514. The van der Waals surface area contributed by atoms with E-state index in [4.69, 9.17) is 9.26 Å². The van der Waals surface area contributed by atoms with E-state index in [-0.39, 0.29) is 12.0 Å². The van der Waals surface area contributed by atoms with Gasteiger partial charge in [0.1, 0.15) is 11.3 Å². The van der Waals surface area contributed by atoms with Gasteiger partial charge in [0.05, 0.1) is 24.4 Å². The monoisotopic (exact) mass is 279 g/mol. The van der Waals surface area contributed by atoms with Gasteiger partial charge in [-0.2, -0.15) is 0 Å². The highest BCUT2D eigenvalue weighted by Gasteiger charge is 2.41. The van der Waals surface area contributed by atoms with E-state index in [2.05, 4.69) is 17.1 Å². The molecule has 2 saturated heterocycles. The standard InChI is InChI=1S/C14H21N3O3/c1-4-11-13(9(2)15-20-11)14(18)17-7-10-12(8-17)19-6-5-16(10)3/h10,12H,4-8H2,1-3H3/t10-,12+/m0/s1. The highest BCUT2D eigenvalue weighted by molar-refractivity contribution is 5.96. The molecule has 2 aliphatic rings. The summed E-state index contributed by atoms with van der Waals surface area (Å²) in [7, 11) is 2.09. The van der Waals surface area contributed by atoms with Crippen LogP contribution in [0.25, 0.3) is 0 Å². The number of rotatable bonds is 2. The summed E-state index contributed by atoms with van der Waals surface area (Å²) in [5.41, 5.74) is 1.31. The van der Waals surface area contributed by atoms with E-state index in [1.54, 1.807) is 0 Å². The maximum Gasteiger partial charge on any atom is 0.259 e. The molecule has 1 aromatic heterocycles. The molecule has 2 fully saturated rings. The van der Waals surface area contributed by atoms with Crippen LogP contribution in [0.4, 0.5) is 0 Å². The highest BCUT2D eigenvalue weighted by Crippen LogP contribution is 2.25. The number of morpholine rings is 1. The van der Waals surface area contributed by atoms with Crippen LogP contribution in [0, 0.1) is 6.92 Å². The summed E-state index contributed by atoms with van der Waals surface area (Å²) in [6.07, 6.45) is 0.807.